The highest BCUT2D eigenvalue weighted by Gasteiger charge is 2.36. The van der Waals surface area contributed by atoms with E-state index in [9.17, 15) is 14.3 Å². The van der Waals surface area contributed by atoms with Gasteiger partial charge in [0.1, 0.15) is 11.4 Å². The highest BCUT2D eigenvalue weighted by Crippen LogP contribution is 2.23. The fourth-order valence-electron chi connectivity index (χ4n) is 2.73. The smallest absolute Gasteiger partial charge is 0.323 e. The van der Waals surface area contributed by atoms with Crippen molar-refractivity contribution in [3.8, 4) is 0 Å². The van der Waals surface area contributed by atoms with Gasteiger partial charge < -0.3 is 5.11 Å². The number of carboxylic acids is 1. The molecule has 1 atom stereocenters. The lowest BCUT2D eigenvalue weighted by molar-refractivity contribution is -0.144. The molecule has 1 unspecified atom stereocenters. The van der Waals surface area contributed by atoms with Gasteiger partial charge in [-0.2, -0.15) is 0 Å². The molecule has 104 valence electrons. The predicted octanol–water partition coefficient (Wildman–Crippen LogP) is 2.74. The van der Waals surface area contributed by atoms with E-state index in [2.05, 4.69) is 5.32 Å². The summed E-state index contributed by atoms with van der Waals surface area (Å²) >= 11 is 0. The number of benzene rings is 1. The van der Waals surface area contributed by atoms with E-state index in [-0.39, 0.29) is 18.3 Å². The van der Waals surface area contributed by atoms with Crippen molar-refractivity contribution in [2.24, 2.45) is 0 Å². The highest BCUT2D eigenvalue weighted by atomic mass is 19.1. The summed E-state index contributed by atoms with van der Waals surface area (Å²) in [6.07, 6.45) is 4.42. The van der Waals surface area contributed by atoms with Crippen LogP contribution in [0.4, 0.5) is 4.39 Å². The Balaban J connectivity index is 2.14. The highest BCUT2D eigenvalue weighted by molar-refractivity contribution is 5.78. The molecule has 1 aliphatic rings. The quantitative estimate of drug-likeness (QED) is 0.860. The fourth-order valence-corrected chi connectivity index (χ4v) is 2.73. The molecule has 2 N–H and O–H groups in total. The summed E-state index contributed by atoms with van der Waals surface area (Å²) in [5, 5.41) is 12.7. The summed E-state index contributed by atoms with van der Waals surface area (Å²) in [6.45, 7) is 1.64. The zero-order valence-corrected chi connectivity index (χ0v) is 11.2. The predicted molar refractivity (Wildman–Crippen MR) is 71.5 cm³/mol. The molecule has 4 heteroatoms. The van der Waals surface area contributed by atoms with E-state index in [0.29, 0.717) is 5.56 Å². The Morgan fingerprint density at radius 3 is 2.63 bits per heavy atom. The normalized spacial score (nSPS) is 19.3. The molecule has 1 aliphatic carbocycles. The van der Waals surface area contributed by atoms with Crippen LogP contribution in [0.25, 0.3) is 0 Å². The van der Waals surface area contributed by atoms with Gasteiger partial charge >= 0.3 is 5.97 Å². The average molecular weight is 265 g/mol. The molecule has 1 saturated carbocycles. The summed E-state index contributed by atoms with van der Waals surface area (Å²) in [5.74, 6) is -1.27. The number of aliphatic carboxylic acids is 1. The molecule has 2 rings (SSSR count). The second-order valence-corrected chi connectivity index (χ2v) is 5.53. The van der Waals surface area contributed by atoms with Crippen LogP contribution in [0.1, 0.15) is 38.2 Å². The summed E-state index contributed by atoms with van der Waals surface area (Å²) in [6, 6.07) is 6.59. The minimum absolute atomic E-state index is 0.158. The Bertz CT molecular complexity index is 457. The maximum Gasteiger partial charge on any atom is 0.323 e. The fraction of sp³-hybridized carbons (Fsp3) is 0.533. The molecule has 0 heterocycles. The van der Waals surface area contributed by atoms with Crippen molar-refractivity contribution in [1.82, 2.24) is 5.32 Å². The lowest BCUT2D eigenvalue weighted by atomic mass is 9.91. The van der Waals surface area contributed by atoms with Crippen molar-refractivity contribution in [2.45, 2.75) is 50.6 Å². The Labute approximate surface area is 112 Å². The molecule has 0 amide bonds. The van der Waals surface area contributed by atoms with Crippen LogP contribution in [0.5, 0.6) is 0 Å². The standard InChI is InChI=1S/C15H20FNO2/c1-15(14(18)19,17-12-7-3-4-8-12)10-11-6-2-5-9-13(11)16/h2,5-6,9,12,17H,3-4,7-8,10H2,1H3,(H,18,19). The summed E-state index contributed by atoms with van der Waals surface area (Å²) < 4.78 is 13.7. The van der Waals surface area contributed by atoms with Crippen molar-refractivity contribution in [3.05, 3.63) is 35.6 Å². The summed E-state index contributed by atoms with van der Waals surface area (Å²) in [7, 11) is 0. The molecule has 0 saturated heterocycles. The number of rotatable bonds is 5. The van der Waals surface area contributed by atoms with Gasteiger partial charge in [0, 0.05) is 12.5 Å². The zero-order chi connectivity index (χ0) is 13.9. The van der Waals surface area contributed by atoms with Gasteiger partial charge in [0.25, 0.3) is 0 Å². The maximum absolute atomic E-state index is 13.7. The molecule has 3 nitrogen and oxygen atoms in total. The van der Waals surface area contributed by atoms with Crippen molar-refractivity contribution in [2.75, 3.05) is 0 Å². The van der Waals surface area contributed by atoms with E-state index in [1.54, 1.807) is 25.1 Å². The van der Waals surface area contributed by atoms with Crippen LogP contribution in [0.3, 0.4) is 0 Å². The van der Waals surface area contributed by atoms with Gasteiger partial charge in [-0.15, -0.1) is 0 Å². The van der Waals surface area contributed by atoms with Gasteiger partial charge in [0.15, 0.2) is 0 Å². The largest absolute Gasteiger partial charge is 0.480 e. The molecule has 0 bridgehead atoms. The minimum Gasteiger partial charge on any atom is -0.480 e. The van der Waals surface area contributed by atoms with Crippen molar-refractivity contribution in [3.63, 3.8) is 0 Å². The lowest BCUT2D eigenvalue weighted by Crippen LogP contribution is -2.54. The lowest BCUT2D eigenvalue weighted by Gasteiger charge is -2.30. The van der Waals surface area contributed by atoms with Gasteiger partial charge in [0.2, 0.25) is 0 Å². The molecule has 19 heavy (non-hydrogen) atoms. The molecule has 0 aromatic heterocycles. The SMILES string of the molecule is CC(Cc1ccccc1F)(NC1CCCC1)C(=O)O. The maximum atomic E-state index is 13.7. The summed E-state index contributed by atoms with van der Waals surface area (Å²) in [5.41, 5.74) is -0.671. The third-order valence-corrected chi connectivity index (χ3v) is 3.85. The molecule has 0 radical (unpaired) electrons. The Morgan fingerprint density at radius 2 is 2.05 bits per heavy atom. The van der Waals surface area contributed by atoms with Crippen molar-refractivity contribution in [1.29, 1.82) is 0 Å². The third-order valence-electron chi connectivity index (χ3n) is 3.85. The molecular formula is C15H20FNO2. The van der Waals surface area contributed by atoms with Crippen LogP contribution in [-0.2, 0) is 11.2 Å². The van der Waals surface area contributed by atoms with E-state index in [1.165, 1.54) is 6.07 Å². The first-order chi connectivity index (χ1) is 9.01. The first-order valence-corrected chi connectivity index (χ1v) is 6.76. The first-order valence-electron chi connectivity index (χ1n) is 6.76. The molecule has 1 aromatic rings. The van der Waals surface area contributed by atoms with E-state index >= 15 is 0 Å². The topological polar surface area (TPSA) is 49.3 Å². The molecular weight excluding hydrogens is 245 g/mol. The van der Waals surface area contributed by atoms with Crippen LogP contribution in [0, 0.1) is 5.82 Å². The molecule has 1 fully saturated rings. The monoisotopic (exact) mass is 265 g/mol. The van der Waals surface area contributed by atoms with Crippen LogP contribution >= 0.6 is 0 Å². The van der Waals surface area contributed by atoms with Gasteiger partial charge in [-0.25, -0.2) is 4.39 Å². The molecule has 1 aromatic carbocycles. The number of hydrogen-bond acceptors (Lipinski definition) is 2. The van der Waals surface area contributed by atoms with Crippen LogP contribution in [0.2, 0.25) is 0 Å². The van der Waals surface area contributed by atoms with E-state index < -0.39 is 11.5 Å². The van der Waals surface area contributed by atoms with Crippen LogP contribution in [-0.4, -0.2) is 22.7 Å². The number of halogens is 1. The van der Waals surface area contributed by atoms with E-state index in [4.69, 9.17) is 0 Å². The van der Waals surface area contributed by atoms with E-state index in [0.717, 1.165) is 25.7 Å². The second-order valence-electron chi connectivity index (χ2n) is 5.53. The number of carbonyl (C=O) groups is 1. The zero-order valence-electron chi connectivity index (χ0n) is 11.2. The Hall–Kier alpha value is -1.42. The number of carboxylic acid groups (broad SMARTS) is 1. The Kier molecular flexibility index (Phi) is 4.20. The number of nitrogens with one attached hydrogen (secondary N) is 1. The third kappa shape index (κ3) is 3.32. The van der Waals surface area contributed by atoms with Crippen molar-refractivity contribution < 1.29 is 14.3 Å². The van der Waals surface area contributed by atoms with Gasteiger partial charge in [-0.3, -0.25) is 10.1 Å². The molecule has 0 spiro atoms. The minimum atomic E-state index is -1.11. The van der Waals surface area contributed by atoms with Crippen molar-refractivity contribution >= 4 is 5.97 Å². The second kappa shape index (κ2) is 5.70. The number of hydrogen-bond donors (Lipinski definition) is 2. The molecule has 0 aliphatic heterocycles. The van der Waals surface area contributed by atoms with Crippen LogP contribution < -0.4 is 5.32 Å². The van der Waals surface area contributed by atoms with E-state index in [1.807, 2.05) is 0 Å². The van der Waals surface area contributed by atoms with Gasteiger partial charge in [-0.05, 0) is 31.4 Å². The average Bonchev–Trinajstić information content (AvgIpc) is 2.84. The first kappa shape index (κ1) is 14.0. The van der Waals surface area contributed by atoms with Gasteiger partial charge in [0.05, 0.1) is 0 Å². The Morgan fingerprint density at radius 1 is 1.42 bits per heavy atom. The van der Waals surface area contributed by atoms with Crippen LogP contribution in [0.15, 0.2) is 24.3 Å². The van der Waals surface area contributed by atoms with Gasteiger partial charge in [-0.1, -0.05) is 31.0 Å². The summed E-state index contributed by atoms with van der Waals surface area (Å²) in [4.78, 5) is 11.5.